The predicted molar refractivity (Wildman–Crippen MR) is 108 cm³/mol. The summed E-state index contributed by atoms with van der Waals surface area (Å²) in [6.07, 6.45) is 1.79. The molecule has 0 spiro atoms. The van der Waals surface area contributed by atoms with Crippen LogP contribution in [0.3, 0.4) is 0 Å². The smallest absolute Gasteiger partial charge is 0.149 e. The van der Waals surface area contributed by atoms with Crippen LogP contribution in [0, 0.1) is 0 Å². The van der Waals surface area contributed by atoms with Gasteiger partial charge in [0.1, 0.15) is 11.6 Å². The Kier molecular flexibility index (Phi) is 4.53. The molecule has 2 aromatic carbocycles. The summed E-state index contributed by atoms with van der Waals surface area (Å²) < 4.78 is 2.16. The minimum absolute atomic E-state index is 0.534. The molecule has 0 atom stereocenters. The molecule has 4 aromatic rings. The molecular formula is C20H16Cl2N4. The predicted octanol–water partition coefficient (Wildman–Crippen LogP) is 6.17. The molecular weight excluding hydrogens is 367 g/mol. The molecule has 130 valence electrons. The van der Waals surface area contributed by atoms with Gasteiger partial charge in [-0.05, 0) is 49.4 Å². The number of nitrogens with zero attached hydrogens (tertiary/aromatic N) is 3. The van der Waals surface area contributed by atoms with Crippen LogP contribution in [-0.2, 0) is 6.54 Å². The fourth-order valence-electron chi connectivity index (χ4n) is 2.94. The van der Waals surface area contributed by atoms with Gasteiger partial charge in [-0.3, -0.25) is 0 Å². The van der Waals surface area contributed by atoms with Crippen LogP contribution in [0.15, 0.2) is 60.8 Å². The van der Waals surface area contributed by atoms with E-state index in [0.29, 0.717) is 15.9 Å². The van der Waals surface area contributed by atoms with Gasteiger partial charge >= 0.3 is 0 Å². The molecule has 0 saturated heterocycles. The zero-order valence-corrected chi connectivity index (χ0v) is 15.6. The van der Waals surface area contributed by atoms with Gasteiger partial charge in [-0.1, -0.05) is 35.3 Å². The monoisotopic (exact) mass is 382 g/mol. The lowest BCUT2D eigenvalue weighted by atomic mass is 10.2. The van der Waals surface area contributed by atoms with Gasteiger partial charge in [-0.15, -0.1) is 0 Å². The van der Waals surface area contributed by atoms with E-state index in [-0.39, 0.29) is 0 Å². The molecule has 1 N–H and O–H groups in total. The fourth-order valence-corrected chi connectivity index (χ4v) is 3.28. The highest BCUT2D eigenvalue weighted by molar-refractivity contribution is 6.33. The summed E-state index contributed by atoms with van der Waals surface area (Å²) in [6, 6.07) is 17.4. The first-order valence-corrected chi connectivity index (χ1v) is 9.05. The first-order valence-electron chi connectivity index (χ1n) is 8.29. The minimum atomic E-state index is 0.534. The Hall–Kier alpha value is -2.56. The van der Waals surface area contributed by atoms with Crippen molar-refractivity contribution in [1.82, 2.24) is 14.5 Å². The number of anilines is 2. The molecule has 26 heavy (non-hydrogen) atoms. The normalized spacial score (nSPS) is 11.0. The van der Waals surface area contributed by atoms with E-state index >= 15 is 0 Å². The quantitative estimate of drug-likeness (QED) is 0.458. The SMILES string of the molecule is CCn1c(-c2cnc(Nc3ccc(Cl)cc3)c(Cl)c2)nc2ccccc21. The summed E-state index contributed by atoms with van der Waals surface area (Å²) in [4.78, 5) is 9.24. The Bertz CT molecular complexity index is 1070. The molecule has 0 aliphatic rings. The second-order valence-corrected chi connectivity index (χ2v) is 6.70. The lowest BCUT2D eigenvalue weighted by molar-refractivity contribution is 0.796. The number of hydrogen-bond donors (Lipinski definition) is 1. The van der Waals surface area contributed by atoms with Crippen LogP contribution in [0.4, 0.5) is 11.5 Å². The standard InChI is InChI=1S/C20H16Cl2N4/c1-2-26-18-6-4-3-5-17(18)25-20(26)13-11-16(22)19(23-12-13)24-15-9-7-14(21)8-10-15/h3-12H,2H2,1H3,(H,23,24). The van der Waals surface area contributed by atoms with Crippen molar-refractivity contribution in [3.8, 4) is 11.4 Å². The minimum Gasteiger partial charge on any atom is -0.339 e. The fraction of sp³-hybridized carbons (Fsp3) is 0.100. The van der Waals surface area contributed by atoms with E-state index in [9.17, 15) is 0 Å². The number of para-hydroxylation sites is 2. The molecule has 4 rings (SSSR count). The third-order valence-electron chi connectivity index (χ3n) is 4.18. The van der Waals surface area contributed by atoms with Crippen LogP contribution >= 0.6 is 23.2 Å². The van der Waals surface area contributed by atoms with Gasteiger partial charge in [0.25, 0.3) is 0 Å². The second kappa shape index (κ2) is 6.98. The Balaban J connectivity index is 1.71. The van der Waals surface area contributed by atoms with Crippen molar-refractivity contribution in [1.29, 1.82) is 0 Å². The van der Waals surface area contributed by atoms with Crippen molar-refractivity contribution in [3.05, 3.63) is 70.8 Å². The maximum absolute atomic E-state index is 6.47. The Labute approximate surface area is 161 Å². The highest BCUT2D eigenvalue weighted by atomic mass is 35.5. The summed E-state index contributed by atoms with van der Waals surface area (Å²) in [7, 11) is 0. The largest absolute Gasteiger partial charge is 0.339 e. The van der Waals surface area contributed by atoms with Gasteiger partial charge in [0.15, 0.2) is 0 Å². The zero-order valence-electron chi connectivity index (χ0n) is 14.1. The number of nitrogens with one attached hydrogen (secondary N) is 1. The van der Waals surface area contributed by atoms with Crippen molar-refractivity contribution >= 4 is 45.7 Å². The number of hydrogen-bond acceptors (Lipinski definition) is 3. The average molecular weight is 383 g/mol. The van der Waals surface area contributed by atoms with Gasteiger partial charge in [-0.25, -0.2) is 9.97 Å². The number of pyridine rings is 1. The Morgan fingerprint density at radius 3 is 2.54 bits per heavy atom. The topological polar surface area (TPSA) is 42.7 Å². The van der Waals surface area contributed by atoms with Crippen molar-refractivity contribution in [2.45, 2.75) is 13.5 Å². The van der Waals surface area contributed by atoms with Gasteiger partial charge in [-0.2, -0.15) is 0 Å². The van der Waals surface area contributed by atoms with E-state index in [1.807, 2.05) is 48.5 Å². The maximum atomic E-state index is 6.47. The van der Waals surface area contributed by atoms with E-state index < -0.39 is 0 Å². The zero-order chi connectivity index (χ0) is 18.1. The molecule has 0 radical (unpaired) electrons. The molecule has 0 amide bonds. The number of imidazole rings is 1. The number of benzene rings is 2. The van der Waals surface area contributed by atoms with Gasteiger partial charge in [0.05, 0.1) is 16.1 Å². The number of halogens is 2. The third kappa shape index (κ3) is 3.14. The molecule has 0 saturated carbocycles. The first kappa shape index (κ1) is 16.9. The van der Waals surface area contributed by atoms with Crippen LogP contribution in [0.25, 0.3) is 22.4 Å². The van der Waals surface area contributed by atoms with E-state index in [4.69, 9.17) is 28.2 Å². The van der Waals surface area contributed by atoms with Gasteiger partial charge in [0.2, 0.25) is 0 Å². The molecule has 2 heterocycles. The molecule has 0 aliphatic carbocycles. The highest BCUT2D eigenvalue weighted by Crippen LogP contribution is 2.30. The third-order valence-corrected chi connectivity index (χ3v) is 4.72. The Morgan fingerprint density at radius 1 is 1.04 bits per heavy atom. The van der Waals surface area contributed by atoms with Crippen molar-refractivity contribution < 1.29 is 0 Å². The molecule has 6 heteroatoms. The molecule has 4 nitrogen and oxygen atoms in total. The summed E-state index contributed by atoms with van der Waals surface area (Å²) >= 11 is 12.4. The summed E-state index contributed by atoms with van der Waals surface area (Å²) in [5.41, 5.74) is 3.82. The molecule has 0 aliphatic heterocycles. The lowest BCUT2D eigenvalue weighted by Crippen LogP contribution is -1.99. The van der Waals surface area contributed by atoms with Crippen molar-refractivity contribution in [3.63, 3.8) is 0 Å². The lowest BCUT2D eigenvalue weighted by Gasteiger charge is -2.10. The van der Waals surface area contributed by atoms with Gasteiger partial charge in [0, 0.05) is 29.0 Å². The number of rotatable bonds is 4. The van der Waals surface area contributed by atoms with E-state index in [0.717, 1.165) is 34.7 Å². The molecule has 2 aromatic heterocycles. The summed E-state index contributed by atoms with van der Waals surface area (Å²) in [5, 5.41) is 4.42. The maximum Gasteiger partial charge on any atom is 0.149 e. The second-order valence-electron chi connectivity index (χ2n) is 5.85. The van der Waals surface area contributed by atoms with E-state index in [2.05, 4.69) is 27.9 Å². The highest BCUT2D eigenvalue weighted by Gasteiger charge is 2.13. The molecule has 0 bridgehead atoms. The van der Waals surface area contributed by atoms with E-state index in [1.54, 1.807) is 6.20 Å². The van der Waals surface area contributed by atoms with Crippen LogP contribution in [0.5, 0.6) is 0 Å². The van der Waals surface area contributed by atoms with Crippen LogP contribution in [0.1, 0.15) is 6.92 Å². The summed E-state index contributed by atoms with van der Waals surface area (Å²) in [6.45, 7) is 2.92. The first-order chi connectivity index (χ1) is 12.7. The molecule has 0 fully saturated rings. The van der Waals surface area contributed by atoms with E-state index in [1.165, 1.54) is 0 Å². The number of fused-ring (bicyclic) bond motifs is 1. The summed E-state index contributed by atoms with van der Waals surface area (Å²) in [5.74, 6) is 1.46. The Morgan fingerprint density at radius 2 is 1.81 bits per heavy atom. The average Bonchev–Trinajstić information content (AvgIpc) is 3.03. The van der Waals surface area contributed by atoms with Gasteiger partial charge < -0.3 is 9.88 Å². The molecule has 0 unspecified atom stereocenters. The van der Waals surface area contributed by atoms with Crippen LogP contribution < -0.4 is 5.32 Å². The van der Waals surface area contributed by atoms with Crippen LogP contribution in [0.2, 0.25) is 10.0 Å². The van der Waals surface area contributed by atoms with Crippen molar-refractivity contribution in [2.24, 2.45) is 0 Å². The van der Waals surface area contributed by atoms with Crippen molar-refractivity contribution in [2.75, 3.05) is 5.32 Å². The number of aryl methyl sites for hydroxylation is 1. The van der Waals surface area contributed by atoms with Crippen LogP contribution in [-0.4, -0.2) is 14.5 Å². The number of aromatic nitrogens is 3.